The van der Waals surface area contributed by atoms with E-state index >= 15 is 0 Å². The molecular formula is C23H47BrClN3O6. The van der Waals surface area contributed by atoms with Crippen LogP contribution < -0.4 is 16.8 Å². The van der Waals surface area contributed by atoms with Gasteiger partial charge in [-0.25, -0.2) is 0 Å². The topological polar surface area (TPSA) is 173 Å². The van der Waals surface area contributed by atoms with E-state index in [1.54, 1.807) is 6.92 Å². The number of aliphatic carboxylic acids is 2. The van der Waals surface area contributed by atoms with Gasteiger partial charge in [0, 0.05) is 25.8 Å². The molecule has 0 rings (SSSR count). The number of carbonyl (C=O) groups is 4. The van der Waals surface area contributed by atoms with Crippen molar-refractivity contribution in [2.75, 3.05) is 19.6 Å². The first-order valence-electron chi connectivity index (χ1n) is 11.7. The van der Waals surface area contributed by atoms with Crippen LogP contribution in [0.3, 0.4) is 0 Å². The molecule has 0 aliphatic carbocycles. The van der Waals surface area contributed by atoms with E-state index in [0.29, 0.717) is 32.5 Å². The predicted octanol–water partition coefficient (Wildman–Crippen LogP) is 3.55. The largest absolute Gasteiger partial charge is 0.481 e. The fourth-order valence-corrected chi connectivity index (χ4v) is 3.01. The van der Waals surface area contributed by atoms with Crippen molar-refractivity contribution in [3.8, 4) is 0 Å². The summed E-state index contributed by atoms with van der Waals surface area (Å²) in [5, 5.41) is 20.3. The molecule has 0 aliphatic heterocycles. The summed E-state index contributed by atoms with van der Waals surface area (Å²) < 4.78 is 0. The lowest BCUT2D eigenvalue weighted by Gasteiger charge is -2.15. The van der Waals surface area contributed by atoms with E-state index in [-0.39, 0.29) is 59.3 Å². The molecule has 0 aromatic rings. The summed E-state index contributed by atoms with van der Waals surface area (Å²) in [6, 6.07) is 0. The van der Waals surface area contributed by atoms with E-state index in [0.717, 1.165) is 44.9 Å². The highest BCUT2D eigenvalue weighted by Crippen LogP contribution is 2.19. The Morgan fingerprint density at radius 2 is 1.24 bits per heavy atom. The van der Waals surface area contributed by atoms with Gasteiger partial charge in [-0.05, 0) is 51.6 Å². The third-order valence-corrected chi connectivity index (χ3v) is 5.30. The molecular weight excluding hydrogens is 530 g/mol. The number of unbranched alkanes of at least 4 members (excludes halogenated alkanes) is 3. The van der Waals surface area contributed by atoms with Crippen LogP contribution in [-0.4, -0.2) is 53.5 Å². The van der Waals surface area contributed by atoms with Crippen LogP contribution in [0, 0.1) is 17.8 Å². The number of nitrogens with one attached hydrogen (secondary N) is 1. The van der Waals surface area contributed by atoms with E-state index in [4.69, 9.17) is 16.6 Å². The van der Waals surface area contributed by atoms with Crippen LogP contribution in [0.4, 0.5) is 0 Å². The summed E-state index contributed by atoms with van der Waals surface area (Å²) in [4.78, 5) is 44.3. The lowest BCUT2D eigenvalue weighted by atomic mass is 9.89. The molecule has 0 bridgehead atoms. The average Bonchev–Trinajstić information content (AvgIpc) is 2.72. The minimum absolute atomic E-state index is 0. The Balaban J connectivity index is -0.000000319. The number of hydrogen-bond acceptors (Lipinski definition) is 6. The van der Waals surface area contributed by atoms with Gasteiger partial charge in [-0.1, -0.05) is 33.1 Å². The molecule has 0 fully saturated rings. The van der Waals surface area contributed by atoms with Crippen LogP contribution in [0.25, 0.3) is 0 Å². The van der Waals surface area contributed by atoms with Crippen molar-refractivity contribution >= 4 is 53.0 Å². The van der Waals surface area contributed by atoms with Crippen LogP contribution >= 0.6 is 29.4 Å². The highest BCUT2D eigenvalue weighted by molar-refractivity contribution is 8.93. The number of amides is 1. The maximum absolute atomic E-state index is 12.1. The first kappa shape index (κ1) is 40.0. The van der Waals surface area contributed by atoms with Gasteiger partial charge < -0.3 is 27.0 Å². The van der Waals surface area contributed by atoms with E-state index in [2.05, 4.69) is 5.32 Å². The zero-order valence-electron chi connectivity index (χ0n) is 20.9. The lowest BCUT2D eigenvalue weighted by molar-refractivity contribution is -0.144. The second kappa shape index (κ2) is 26.4. The molecule has 3 atom stereocenters. The summed E-state index contributed by atoms with van der Waals surface area (Å²) in [6.07, 6.45) is 7.13. The third kappa shape index (κ3) is 25.4. The zero-order chi connectivity index (χ0) is 24.9. The third-order valence-electron chi connectivity index (χ3n) is 5.30. The van der Waals surface area contributed by atoms with Gasteiger partial charge in [-0.2, -0.15) is 0 Å². The molecule has 3 unspecified atom stereocenters. The Labute approximate surface area is 221 Å². The second-order valence-corrected chi connectivity index (χ2v) is 8.39. The molecule has 0 heterocycles. The van der Waals surface area contributed by atoms with Crippen LogP contribution in [0.5, 0.6) is 0 Å². The van der Waals surface area contributed by atoms with E-state index in [9.17, 15) is 24.3 Å². The quantitative estimate of drug-likeness (QED) is 0.154. The molecule has 1 amide bonds. The van der Waals surface area contributed by atoms with Gasteiger partial charge in [0.05, 0.1) is 11.8 Å². The number of carboxylic acid groups (broad SMARTS) is 2. The maximum atomic E-state index is 12.1. The number of ketones is 1. The molecule has 11 heteroatoms. The Hall–Kier alpha value is -1.23. The summed E-state index contributed by atoms with van der Waals surface area (Å²) in [7, 11) is 0. The number of halogens is 2. The fourth-order valence-electron chi connectivity index (χ4n) is 3.01. The standard InChI is InChI=1S/C16H30N2O4.C7H15NO2.BrH.ClH/c1-12(7-3-5-9-17)15(20)11-14(16(21)22)8-4-6-10-18-13(2)19;1-6(7(9)10)4-2-3-5-8;;/h12,14H,3-11,17H2,1-2H3,(H,18,19)(H,21,22);6H,2-5,8H2,1H3,(H,9,10);2*1H. The van der Waals surface area contributed by atoms with Gasteiger partial charge in [0.25, 0.3) is 0 Å². The van der Waals surface area contributed by atoms with Crippen LogP contribution in [0.2, 0.25) is 0 Å². The molecule has 0 saturated carbocycles. The molecule has 0 aromatic heterocycles. The highest BCUT2D eigenvalue weighted by Gasteiger charge is 2.23. The van der Waals surface area contributed by atoms with Crippen molar-refractivity contribution < 1.29 is 29.4 Å². The smallest absolute Gasteiger partial charge is 0.306 e. The molecule has 0 saturated heterocycles. The van der Waals surface area contributed by atoms with Gasteiger partial charge in [0.2, 0.25) is 5.91 Å². The van der Waals surface area contributed by atoms with E-state index < -0.39 is 17.9 Å². The van der Waals surface area contributed by atoms with Crippen molar-refractivity contribution in [3.05, 3.63) is 0 Å². The van der Waals surface area contributed by atoms with E-state index in [1.807, 2.05) is 6.92 Å². The summed E-state index contributed by atoms with van der Waals surface area (Å²) in [6.45, 7) is 6.85. The molecule has 0 radical (unpaired) electrons. The Morgan fingerprint density at radius 1 is 0.765 bits per heavy atom. The van der Waals surface area contributed by atoms with Gasteiger partial charge in [0.15, 0.2) is 0 Å². The fraction of sp³-hybridized carbons (Fsp3) is 0.826. The number of rotatable bonds is 18. The Morgan fingerprint density at radius 3 is 1.65 bits per heavy atom. The Bertz CT molecular complexity index is 555. The number of nitrogens with two attached hydrogens (primary N) is 2. The summed E-state index contributed by atoms with van der Waals surface area (Å²) >= 11 is 0. The van der Waals surface area contributed by atoms with Crippen molar-refractivity contribution in [2.24, 2.45) is 29.2 Å². The molecule has 204 valence electrons. The SMILES string of the molecule is Br.CC(=O)NCCCCC(CC(=O)C(C)CCCCN)C(=O)O.CC(CCCCN)C(=O)O.Cl. The Kier molecular flexibility index (Phi) is 31.0. The molecule has 7 N–H and O–H groups in total. The van der Waals surface area contributed by atoms with Crippen LogP contribution in [-0.2, 0) is 19.2 Å². The molecule has 9 nitrogen and oxygen atoms in total. The number of Topliss-reactive ketones (excluding diaryl/α,β-unsaturated/α-hetero) is 1. The minimum Gasteiger partial charge on any atom is -0.481 e. The van der Waals surface area contributed by atoms with Crippen molar-refractivity contribution in [2.45, 2.75) is 85.0 Å². The predicted molar refractivity (Wildman–Crippen MR) is 143 cm³/mol. The second-order valence-electron chi connectivity index (χ2n) is 8.39. The van der Waals surface area contributed by atoms with Crippen LogP contribution in [0.1, 0.15) is 85.0 Å². The molecule has 0 spiro atoms. The molecule has 34 heavy (non-hydrogen) atoms. The number of carbonyl (C=O) groups excluding carboxylic acids is 2. The minimum atomic E-state index is -0.915. The number of carboxylic acids is 2. The lowest BCUT2D eigenvalue weighted by Crippen LogP contribution is -2.23. The number of hydrogen-bond donors (Lipinski definition) is 5. The molecule has 0 aliphatic rings. The normalized spacial score (nSPS) is 12.5. The van der Waals surface area contributed by atoms with Gasteiger partial charge in [0.1, 0.15) is 5.78 Å². The highest BCUT2D eigenvalue weighted by atomic mass is 79.9. The summed E-state index contributed by atoms with van der Waals surface area (Å²) in [5.74, 6) is -2.64. The first-order valence-corrected chi connectivity index (χ1v) is 11.7. The van der Waals surface area contributed by atoms with Crippen molar-refractivity contribution in [1.29, 1.82) is 0 Å². The maximum Gasteiger partial charge on any atom is 0.306 e. The molecule has 0 aromatic carbocycles. The monoisotopic (exact) mass is 575 g/mol. The average molecular weight is 577 g/mol. The van der Waals surface area contributed by atoms with Gasteiger partial charge in [-0.15, -0.1) is 29.4 Å². The summed E-state index contributed by atoms with van der Waals surface area (Å²) in [5.41, 5.74) is 10.7. The first-order chi connectivity index (χ1) is 15.1. The van der Waals surface area contributed by atoms with Crippen LogP contribution in [0.15, 0.2) is 0 Å². The van der Waals surface area contributed by atoms with Crippen molar-refractivity contribution in [1.82, 2.24) is 5.32 Å². The van der Waals surface area contributed by atoms with Gasteiger partial charge >= 0.3 is 11.9 Å². The van der Waals surface area contributed by atoms with E-state index in [1.165, 1.54) is 6.92 Å². The van der Waals surface area contributed by atoms with Crippen molar-refractivity contribution in [3.63, 3.8) is 0 Å². The van der Waals surface area contributed by atoms with Gasteiger partial charge in [-0.3, -0.25) is 19.2 Å². The zero-order valence-corrected chi connectivity index (χ0v) is 23.5.